The van der Waals surface area contributed by atoms with Crippen molar-refractivity contribution in [2.75, 3.05) is 6.54 Å². The highest BCUT2D eigenvalue weighted by Crippen LogP contribution is 2.75. The van der Waals surface area contributed by atoms with E-state index in [0.29, 0.717) is 25.2 Å². The quantitative estimate of drug-likeness (QED) is 0.497. The molecule has 0 amide bonds. The molecule has 0 aromatic heterocycles. The Morgan fingerprint density at radius 1 is 1.24 bits per heavy atom. The molecule has 2 saturated carbocycles. The number of Topliss-reactive ketones (excluding diaryl/α,β-unsaturated/α-hetero) is 1. The molecule has 5 heteroatoms. The number of fused-ring (bicyclic) bond motifs is 6. The molecule has 37 heavy (non-hydrogen) atoms. The van der Waals surface area contributed by atoms with Gasteiger partial charge in [0.1, 0.15) is 17.2 Å². The molecule has 5 nitrogen and oxygen atoms in total. The minimum Gasteiger partial charge on any atom is -0.375 e. The molecule has 3 heterocycles. The van der Waals surface area contributed by atoms with Gasteiger partial charge in [0.2, 0.25) is 0 Å². The van der Waals surface area contributed by atoms with Gasteiger partial charge in [-0.25, -0.2) is 4.90 Å². The smallest absolute Gasteiger partial charge is 0.159 e. The first kappa shape index (κ1) is 26.0. The first-order chi connectivity index (χ1) is 17.3. The van der Waals surface area contributed by atoms with E-state index in [2.05, 4.69) is 53.0 Å². The van der Waals surface area contributed by atoms with Gasteiger partial charge in [-0.05, 0) is 87.0 Å². The van der Waals surface area contributed by atoms with Crippen LogP contribution in [0.5, 0.6) is 0 Å². The summed E-state index contributed by atoms with van der Waals surface area (Å²) in [6.45, 7) is 18.1. The minimum absolute atomic E-state index is 0.0510. The molecule has 2 bridgehead atoms. The Morgan fingerprint density at radius 2 is 1.97 bits per heavy atom. The Morgan fingerprint density at radius 3 is 2.65 bits per heavy atom. The van der Waals surface area contributed by atoms with Gasteiger partial charge in [-0.1, -0.05) is 46.3 Å². The fourth-order valence-corrected chi connectivity index (χ4v) is 11.2. The summed E-state index contributed by atoms with van der Waals surface area (Å²) in [7, 11) is 0. The fraction of sp³-hybridized carbons (Fsp3) is 0.812. The summed E-state index contributed by atoms with van der Waals surface area (Å²) in [5, 5.41) is 13.2. The number of allylic oxidation sites excluding steroid dienone is 3. The molecule has 6 rings (SSSR count). The third-order valence-electron chi connectivity index (χ3n) is 12.8. The molecule has 5 fully saturated rings. The van der Waals surface area contributed by atoms with Gasteiger partial charge in [0.15, 0.2) is 5.78 Å². The van der Waals surface area contributed by atoms with E-state index < -0.39 is 27.7 Å². The monoisotopic (exact) mass is 509 g/mol. The second kappa shape index (κ2) is 7.88. The van der Waals surface area contributed by atoms with Gasteiger partial charge in [-0.3, -0.25) is 9.59 Å². The maximum Gasteiger partial charge on any atom is 0.159 e. The Labute approximate surface area is 223 Å². The maximum absolute atomic E-state index is 14.6. The number of carbonyl (C=O) groups excluding carboxylic acids is 2. The van der Waals surface area contributed by atoms with E-state index in [0.717, 1.165) is 44.2 Å². The topological polar surface area (TPSA) is 66.8 Å². The highest BCUT2D eigenvalue weighted by Gasteiger charge is 2.79. The van der Waals surface area contributed by atoms with Crippen molar-refractivity contribution in [1.82, 2.24) is 4.90 Å². The number of ether oxygens (including phenoxy) is 1. The molecule has 11 unspecified atom stereocenters. The molecular formula is C32H47NO4. The van der Waals surface area contributed by atoms with Crippen molar-refractivity contribution in [3.05, 3.63) is 24.3 Å². The highest BCUT2D eigenvalue weighted by atomic mass is 16.6. The first-order valence-corrected chi connectivity index (χ1v) is 14.8. The van der Waals surface area contributed by atoms with Crippen molar-refractivity contribution in [1.29, 1.82) is 0 Å². The molecule has 0 aromatic rings. The number of hydrogen-bond donors (Lipinski definition) is 1. The zero-order chi connectivity index (χ0) is 26.8. The molecule has 1 spiro atoms. The lowest BCUT2D eigenvalue weighted by molar-refractivity contribution is -0.362. The van der Waals surface area contributed by atoms with Gasteiger partial charge < -0.3 is 9.84 Å². The Balaban J connectivity index is 1.57. The van der Waals surface area contributed by atoms with Gasteiger partial charge in [0.25, 0.3) is 0 Å². The summed E-state index contributed by atoms with van der Waals surface area (Å²) in [6, 6.07) is 0. The number of ketones is 2. The van der Waals surface area contributed by atoms with Crippen LogP contribution in [0, 0.1) is 45.8 Å². The zero-order valence-electron chi connectivity index (χ0n) is 23.8. The molecule has 3 saturated heterocycles. The van der Waals surface area contributed by atoms with Crippen LogP contribution in [0.2, 0.25) is 0 Å². The van der Waals surface area contributed by atoms with Crippen molar-refractivity contribution < 1.29 is 19.4 Å². The van der Waals surface area contributed by atoms with Crippen LogP contribution in [0.15, 0.2) is 24.3 Å². The normalized spacial score (nSPS) is 55.1. The lowest BCUT2D eigenvalue weighted by atomic mass is 9.33. The predicted molar refractivity (Wildman–Crippen MR) is 143 cm³/mol. The average Bonchev–Trinajstić information content (AvgIpc) is 3.08. The zero-order valence-corrected chi connectivity index (χ0v) is 23.8. The number of nitrogens with zero attached hydrogens (tertiary/aromatic N) is 1. The minimum atomic E-state index is -1.12. The molecule has 0 radical (unpaired) electrons. The van der Waals surface area contributed by atoms with Gasteiger partial charge >= 0.3 is 0 Å². The lowest BCUT2D eigenvalue weighted by Gasteiger charge is -2.75. The van der Waals surface area contributed by atoms with Crippen LogP contribution in [0.4, 0.5) is 0 Å². The van der Waals surface area contributed by atoms with Gasteiger partial charge in [-0.15, -0.1) is 6.58 Å². The van der Waals surface area contributed by atoms with Crippen molar-refractivity contribution in [3.8, 4) is 0 Å². The Hall–Kier alpha value is -1.30. The second-order valence-corrected chi connectivity index (χ2v) is 14.7. The number of carbonyl (C=O) groups is 2. The van der Waals surface area contributed by atoms with Crippen LogP contribution in [-0.4, -0.2) is 45.7 Å². The van der Waals surface area contributed by atoms with Crippen LogP contribution in [0.1, 0.15) is 92.9 Å². The summed E-state index contributed by atoms with van der Waals surface area (Å²) in [5.74, 6) is 0.246. The predicted octanol–water partition coefficient (Wildman–Crippen LogP) is 5.67. The lowest BCUT2D eigenvalue weighted by Crippen LogP contribution is -2.80. The molecular weight excluding hydrogens is 462 g/mol. The number of piperidine rings is 1. The fourth-order valence-electron chi connectivity index (χ4n) is 11.2. The summed E-state index contributed by atoms with van der Waals surface area (Å²) in [4.78, 5) is 30.5. The summed E-state index contributed by atoms with van der Waals surface area (Å²) >= 11 is 0. The van der Waals surface area contributed by atoms with Crippen molar-refractivity contribution in [2.24, 2.45) is 45.8 Å². The molecule has 11 atom stereocenters. The Kier molecular flexibility index (Phi) is 5.53. The Bertz CT molecular complexity index is 1080. The number of hydrogen-bond acceptors (Lipinski definition) is 5. The molecule has 6 aliphatic rings. The van der Waals surface area contributed by atoms with E-state index in [1.165, 1.54) is 0 Å². The molecule has 3 aliphatic carbocycles. The second-order valence-electron chi connectivity index (χ2n) is 14.7. The van der Waals surface area contributed by atoms with E-state index in [-0.39, 0.29) is 41.3 Å². The largest absolute Gasteiger partial charge is 0.375 e. The highest BCUT2D eigenvalue weighted by molar-refractivity contribution is 5.99. The molecule has 0 aromatic carbocycles. The van der Waals surface area contributed by atoms with E-state index in [1.807, 2.05) is 6.08 Å². The third kappa shape index (κ3) is 2.97. The summed E-state index contributed by atoms with van der Waals surface area (Å²) < 4.78 is 6.73. The van der Waals surface area contributed by atoms with Crippen LogP contribution in [-0.2, 0) is 14.3 Å². The standard InChI is InChI=1S/C32H47NO4/c1-8-10-29(6)27-26(35)22(9-2)25-23(14-19(3)15-24(25)34)28(27,5)18-32(36)30(29,7)11-12-31-16-20(4)13-21(37-31)17-33(31)32/h8,15,20-23,25,27,36H,1,9-14,16-18H2,2-7H3. The van der Waals surface area contributed by atoms with Crippen LogP contribution in [0.3, 0.4) is 0 Å². The van der Waals surface area contributed by atoms with Crippen molar-refractivity contribution in [3.63, 3.8) is 0 Å². The molecule has 3 aliphatic heterocycles. The van der Waals surface area contributed by atoms with Gasteiger partial charge in [-0.2, -0.15) is 0 Å². The van der Waals surface area contributed by atoms with E-state index >= 15 is 0 Å². The van der Waals surface area contributed by atoms with E-state index in [4.69, 9.17) is 4.74 Å². The molecule has 1 N–H and O–H groups in total. The van der Waals surface area contributed by atoms with Crippen molar-refractivity contribution in [2.45, 2.75) is 110 Å². The van der Waals surface area contributed by atoms with Crippen LogP contribution in [0.25, 0.3) is 0 Å². The van der Waals surface area contributed by atoms with Crippen LogP contribution >= 0.6 is 0 Å². The number of aliphatic hydroxyl groups is 1. The SMILES string of the molecule is C=CCC1(C)C2C(=O)C(CC)C3C(=O)C=C(C)CC3C2(C)CC2(O)N3CC4CC(C)CC3(CCC12C)O4. The number of rotatable bonds is 3. The van der Waals surface area contributed by atoms with Crippen LogP contribution < -0.4 is 0 Å². The van der Waals surface area contributed by atoms with Gasteiger partial charge in [0.05, 0.1) is 6.10 Å². The molecule has 204 valence electrons. The van der Waals surface area contributed by atoms with Gasteiger partial charge in [0, 0.05) is 29.7 Å². The van der Waals surface area contributed by atoms with E-state index in [9.17, 15) is 14.7 Å². The van der Waals surface area contributed by atoms with Crippen molar-refractivity contribution >= 4 is 11.6 Å². The average molecular weight is 510 g/mol. The summed E-state index contributed by atoms with van der Waals surface area (Å²) in [5.41, 5.74) is -1.90. The summed E-state index contributed by atoms with van der Waals surface area (Å²) in [6.07, 6.45) is 10.3. The maximum atomic E-state index is 14.6. The first-order valence-electron chi connectivity index (χ1n) is 14.8. The third-order valence-corrected chi connectivity index (χ3v) is 12.8. The van der Waals surface area contributed by atoms with E-state index in [1.54, 1.807) is 6.08 Å².